The van der Waals surface area contributed by atoms with Gasteiger partial charge in [0, 0.05) is 31.4 Å². The van der Waals surface area contributed by atoms with Gasteiger partial charge in [-0.3, -0.25) is 13.9 Å². The fourth-order valence-electron chi connectivity index (χ4n) is 4.86. The van der Waals surface area contributed by atoms with E-state index in [0.29, 0.717) is 35.7 Å². The molecule has 0 aliphatic carbocycles. The van der Waals surface area contributed by atoms with Gasteiger partial charge in [-0.1, -0.05) is 43.3 Å². The molecule has 0 spiro atoms. The number of amides is 2. The molecule has 0 saturated carbocycles. The van der Waals surface area contributed by atoms with E-state index in [2.05, 4.69) is 5.32 Å². The number of carbonyl (C=O) groups is 2. The Morgan fingerprint density at radius 3 is 2.38 bits per heavy atom. The molecular formula is C28H33N3O5S. The van der Waals surface area contributed by atoms with Gasteiger partial charge in [-0.25, -0.2) is 8.42 Å². The van der Waals surface area contributed by atoms with Crippen LogP contribution in [-0.2, 0) is 26.2 Å². The predicted octanol–water partition coefficient (Wildman–Crippen LogP) is 4.08. The zero-order chi connectivity index (χ0) is 26.6. The van der Waals surface area contributed by atoms with Gasteiger partial charge >= 0.3 is 0 Å². The van der Waals surface area contributed by atoms with E-state index < -0.39 is 16.1 Å². The first-order chi connectivity index (χ1) is 17.8. The van der Waals surface area contributed by atoms with E-state index in [0.717, 1.165) is 16.3 Å². The Morgan fingerprint density at radius 2 is 1.73 bits per heavy atom. The standard InChI is InChI=1S/C28H33N3O5S/c1-4-23(28(33)29-5-2)30(19-20-14-16-22(36-3)17-15-20)26(32)13-8-18-31-24-11-6-9-21-10-7-12-25(27(21)24)37(31,34)35/h6-7,9-12,14-17,23H,4-5,8,13,18-19H2,1-3H3,(H,29,33)/t23-/m0/s1. The van der Waals surface area contributed by atoms with E-state index in [1.54, 1.807) is 30.2 Å². The maximum atomic E-state index is 13.5. The highest BCUT2D eigenvalue weighted by Gasteiger charge is 2.35. The van der Waals surface area contributed by atoms with Gasteiger partial charge in [0.15, 0.2) is 0 Å². The number of anilines is 1. The fraction of sp³-hybridized carbons (Fsp3) is 0.357. The summed E-state index contributed by atoms with van der Waals surface area (Å²) in [7, 11) is -2.09. The molecule has 0 unspecified atom stereocenters. The second-order valence-corrected chi connectivity index (χ2v) is 10.8. The van der Waals surface area contributed by atoms with Crippen molar-refractivity contribution in [2.24, 2.45) is 0 Å². The van der Waals surface area contributed by atoms with Crippen molar-refractivity contribution in [3.05, 3.63) is 66.2 Å². The van der Waals surface area contributed by atoms with Gasteiger partial charge in [-0.05, 0) is 55.0 Å². The molecule has 0 radical (unpaired) electrons. The number of nitrogens with one attached hydrogen (secondary N) is 1. The number of sulfonamides is 1. The molecule has 0 saturated heterocycles. The molecular weight excluding hydrogens is 490 g/mol. The molecule has 0 bridgehead atoms. The van der Waals surface area contributed by atoms with E-state index in [1.807, 2.05) is 56.3 Å². The Hall–Kier alpha value is -3.59. The zero-order valence-corrected chi connectivity index (χ0v) is 22.3. The summed E-state index contributed by atoms with van der Waals surface area (Å²) in [6.07, 6.45) is 0.906. The minimum Gasteiger partial charge on any atom is -0.497 e. The molecule has 1 N–H and O–H groups in total. The summed E-state index contributed by atoms with van der Waals surface area (Å²) in [5.74, 6) is 0.317. The number of nitrogens with zero attached hydrogens (tertiary/aromatic N) is 2. The van der Waals surface area contributed by atoms with Gasteiger partial charge in [0.05, 0.1) is 17.7 Å². The molecule has 196 valence electrons. The Labute approximate surface area is 218 Å². The van der Waals surface area contributed by atoms with Crippen molar-refractivity contribution in [1.29, 1.82) is 0 Å². The fourth-order valence-corrected chi connectivity index (χ4v) is 6.60. The smallest absolute Gasteiger partial charge is 0.265 e. The second-order valence-electron chi connectivity index (χ2n) is 9.00. The second kappa shape index (κ2) is 11.2. The monoisotopic (exact) mass is 523 g/mol. The first-order valence-corrected chi connectivity index (χ1v) is 14.0. The maximum absolute atomic E-state index is 13.5. The van der Waals surface area contributed by atoms with E-state index >= 15 is 0 Å². The van der Waals surface area contributed by atoms with Crippen LogP contribution in [0.2, 0.25) is 0 Å². The molecule has 2 amide bonds. The number of benzene rings is 3. The molecule has 8 nitrogen and oxygen atoms in total. The number of likely N-dealkylation sites (N-methyl/N-ethyl adjacent to an activating group) is 1. The van der Waals surface area contributed by atoms with Crippen molar-refractivity contribution in [2.75, 3.05) is 24.5 Å². The van der Waals surface area contributed by atoms with Crippen LogP contribution in [0.4, 0.5) is 5.69 Å². The van der Waals surface area contributed by atoms with Crippen molar-refractivity contribution in [3.8, 4) is 5.75 Å². The number of methoxy groups -OCH3 is 1. The minimum absolute atomic E-state index is 0.115. The summed E-state index contributed by atoms with van der Waals surface area (Å²) in [6.45, 7) is 4.64. The molecule has 0 aromatic heterocycles. The van der Waals surface area contributed by atoms with E-state index in [1.165, 1.54) is 4.31 Å². The predicted molar refractivity (Wildman–Crippen MR) is 144 cm³/mol. The van der Waals surface area contributed by atoms with Crippen LogP contribution >= 0.6 is 0 Å². The molecule has 1 heterocycles. The maximum Gasteiger partial charge on any atom is 0.265 e. The SMILES string of the molecule is CCNC(=O)[C@H](CC)N(Cc1ccc(OC)cc1)C(=O)CCCN1c2cccc3cccc(c23)S1(=O)=O. The normalized spacial score (nSPS) is 14.4. The summed E-state index contributed by atoms with van der Waals surface area (Å²) in [5.41, 5.74) is 1.52. The molecule has 3 aromatic rings. The Morgan fingerprint density at radius 1 is 1.03 bits per heavy atom. The lowest BCUT2D eigenvalue weighted by Gasteiger charge is -2.31. The number of ether oxygens (including phenoxy) is 1. The number of hydrogen-bond acceptors (Lipinski definition) is 5. The largest absolute Gasteiger partial charge is 0.497 e. The zero-order valence-electron chi connectivity index (χ0n) is 21.4. The molecule has 0 fully saturated rings. The molecule has 1 atom stereocenters. The third-order valence-corrected chi connectivity index (χ3v) is 8.54. The van der Waals surface area contributed by atoms with Gasteiger partial charge in [0.1, 0.15) is 11.8 Å². The quantitative estimate of drug-likeness (QED) is 0.409. The minimum atomic E-state index is -3.68. The van der Waals surface area contributed by atoms with Crippen LogP contribution in [-0.4, -0.2) is 51.4 Å². The van der Waals surface area contributed by atoms with E-state index in [-0.39, 0.29) is 31.3 Å². The summed E-state index contributed by atoms with van der Waals surface area (Å²) in [4.78, 5) is 28.2. The summed E-state index contributed by atoms with van der Waals surface area (Å²) in [6, 6.07) is 17.6. The first kappa shape index (κ1) is 26.5. The van der Waals surface area contributed by atoms with Gasteiger partial charge in [-0.15, -0.1) is 0 Å². The molecule has 9 heteroatoms. The van der Waals surface area contributed by atoms with Crippen LogP contribution in [0, 0.1) is 0 Å². The summed E-state index contributed by atoms with van der Waals surface area (Å²) in [5, 5.41) is 4.42. The molecule has 37 heavy (non-hydrogen) atoms. The van der Waals surface area contributed by atoms with Crippen molar-refractivity contribution in [1.82, 2.24) is 10.2 Å². The number of carbonyl (C=O) groups excluding carboxylic acids is 2. The Kier molecular flexibility index (Phi) is 8.02. The van der Waals surface area contributed by atoms with Crippen molar-refractivity contribution in [3.63, 3.8) is 0 Å². The van der Waals surface area contributed by atoms with Gasteiger partial charge < -0.3 is 15.0 Å². The van der Waals surface area contributed by atoms with E-state index in [4.69, 9.17) is 4.74 Å². The summed E-state index contributed by atoms with van der Waals surface area (Å²) >= 11 is 0. The van der Waals surface area contributed by atoms with Crippen LogP contribution in [0.1, 0.15) is 38.7 Å². The van der Waals surface area contributed by atoms with Crippen LogP contribution < -0.4 is 14.4 Å². The number of hydrogen-bond donors (Lipinski definition) is 1. The van der Waals surface area contributed by atoms with Gasteiger partial charge in [0.2, 0.25) is 11.8 Å². The first-order valence-electron chi connectivity index (χ1n) is 12.6. The van der Waals surface area contributed by atoms with Gasteiger partial charge in [-0.2, -0.15) is 0 Å². The van der Waals surface area contributed by atoms with Crippen molar-refractivity contribution in [2.45, 2.75) is 50.6 Å². The lowest BCUT2D eigenvalue weighted by atomic mass is 10.1. The molecule has 1 aliphatic rings. The average Bonchev–Trinajstić information content (AvgIpc) is 3.12. The molecule has 4 rings (SSSR count). The van der Waals surface area contributed by atoms with Crippen LogP contribution in [0.5, 0.6) is 5.75 Å². The lowest BCUT2D eigenvalue weighted by molar-refractivity contribution is -0.141. The molecule has 1 aliphatic heterocycles. The lowest BCUT2D eigenvalue weighted by Crippen LogP contribution is -2.49. The van der Waals surface area contributed by atoms with Crippen molar-refractivity contribution >= 4 is 38.3 Å². The van der Waals surface area contributed by atoms with Crippen LogP contribution in [0.25, 0.3) is 10.8 Å². The van der Waals surface area contributed by atoms with Crippen LogP contribution in [0.15, 0.2) is 65.6 Å². The third-order valence-electron chi connectivity index (χ3n) is 6.68. The van der Waals surface area contributed by atoms with Crippen LogP contribution in [0.3, 0.4) is 0 Å². The average molecular weight is 524 g/mol. The highest BCUT2D eigenvalue weighted by Crippen LogP contribution is 2.42. The highest BCUT2D eigenvalue weighted by molar-refractivity contribution is 7.93. The number of rotatable bonds is 11. The van der Waals surface area contributed by atoms with Gasteiger partial charge in [0.25, 0.3) is 10.0 Å². The van der Waals surface area contributed by atoms with E-state index in [9.17, 15) is 18.0 Å². The van der Waals surface area contributed by atoms with Crippen molar-refractivity contribution < 1.29 is 22.7 Å². The molecule has 3 aromatic carbocycles. The highest BCUT2D eigenvalue weighted by atomic mass is 32.2. The Bertz CT molecular complexity index is 1380. The summed E-state index contributed by atoms with van der Waals surface area (Å²) < 4.78 is 33.1. The Balaban J connectivity index is 1.51. The topological polar surface area (TPSA) is 96.0 Å². The third kappa shape index (κ3) is 5.27.